The Morgan fingerprint density at radius 1 is 1.37 bits per heavy atom. The van der Waals surface area contributed by atoms with Crippen molar-refractivity contribution in [3.8, 4) is 0 Å². The lowest BCUT2D eigenvalue weighted by atomic mass is 9.93. The van der Waals surface area contributed by atoms with Gasteiger partial charge in [-0.1, -0.05) is 13.8 Å². The molecule has 0 aliphatic carbocycles. The number of nitrogens with zero attached hydrogens (tertiary/aromatic N) is 1. The number of carbonyl (C=O) groups is 3. The number of amides is 3. The highest BCUT2D eigenvalue weighted by atomic mass is 16.4. The third-order valence-electron chi connectivity index (χ3n) is 3.56. The van der Waals surface area contributed by atoms with Crippen LogP contribution in [0.3, 0.4) is 0 Å². The second-order valence-corrected chi connectivity index (χ2v) is 4.61. The molecule has 7 heteroatoms. The van der Waals surface area contributed by atoms with Gasteiger partial charge in [0.2, 0.25) is 5.91 Å². The molecule has 0 bridgehead atoms. The van der Waals surface area contributed by atoms with Crippen LogP contribution < -0.4 is 10.6 Å². The van der Waals surface area contributed by atoms with E-state index in [0.29, 0.717) is 32.5 Å². The summed E-state index contributed by atoms with van der Waals surface area (Å²) >= 11 is 0. The standard InChI is InChI=1S/C12H21N3O4/c1-3-12(4-2,10(17)18)14-11(19)15-7-5-9(16)13-6-8-15/h3-8H2,1-2H3,(H,13,16)(H,14,19)(H,17,18). The van der Waals surface area contributed by atoms with Crippen LogP contribution in [-0.2, 0) is 9.59 Å². The van der Waals surface area contributed by atoms with Crippen molar-refractivity contribution < 1.29 is 19.5 Å². The predicted molar refractivity (Wildman–Crippen MR) is 68.7 cm³/mol. The number of urea groups is 1. The Morgan fingerprint density at radius 3 is 2.53 bits per heavy atom. The average molecular weight is 271 g/mol. The number of carbonyl (C=O) groups excluding carboxylic acids is 2. The number of carboxylic acid groups (broad SMARTS) is 1. The molecule has 0 aromatic heterocycles. The highest BCUT2D eigenvalue weighted by molar-refractivity contribution is 5.86. The first-order valence-electron chi connectivity index (χ1n) is 6.52. The van der Waals surface area contributed by atoms with Gasteiger partial charge >= 0.3 is 12.0 Å². The van der Waals surface area contributed by atoms with Gasteiger partial charge in [0, 0.05) is 26.1 Å². The number of hydrogen-bond donors (Lipinski definition) is 3. The molecule has 1 rings (SSSR count). The minimum atomic E-state index is -1.24. The molecule has 3 N–H and O–H groups in total. The van der Waals surface area contributed by atoms with Crippen LogP contribution in [-0.4, -0.2) is 53.1 Å². The van der Waals surface area contributed by atoms with Crippen LogP contribution in [0.1, 0.15) is 33.1 Å². The zero-order valence-electron chi connectivity index (χ0n) is 11.4. The predicted octanol–water partition coefficient (Wildman–Crippen LogP) is 0.161. The second-order valence-electron chi connectivity index (χ2n) is 4.61. The number of nitrogens with one attached hydrogen (secondary N) is 2. The van der Waals surface area contributed by atoms with Gasteiger partial charge in [-0.25, -0.2) is 9.59 Å². The Morgan fingerprint density at radius 2 is 2.00 bits per heavy atom. The van der Waals surface area contributed by atoms with Gasteiger partial charge in [0.1, 0.15) is 5.54 Å². The fourth-order valence-corrected chi connectivity index (χ4v) is 2.04. The first-order chi connectivity index (χ1) is 8.95. The van der Waals surface area contributed by atoms with Crippen molar-refractivity contribution >= 4 is 17.9 Å². The lowest BCUT2D eigenvalue weighted by Crippen LogP contribution is -2.57. The van der Waals surface area contributed by atoms with Crippen LogP contribution in [0.25, 0.3) is 0 Å². The summed E-state index contributed by atoms with van der Waals surface area (Å²) in [5.41, 5.74) is -1.24. The van der Waals surface area contributed by atoms with Crippen LogP contribution in [0, 0.1) is 0 Å². The summed E-state index contributed by atoms with van der Waals surface area (Å²) in [7, 11) is 0. The quantitative estimate of drug-likeness (QED) is 0.678. The SMILES string of the molecule is CCC(CC)(NC(=O)N1CCNC(=O)CC1)C(=O)O. The molecule has 19 heavy (non-hydrogen) atoms. The zero-order valence-corrected chi connectivity index (χ0v) is 11.4. The second kappa shape index (κ2) is 6.40. The van der Waals surface area contributed by atoms with Gasteiger partial charge in [-0.15, -0.1) is 0 Å². The average Bonchev–Trinajstić information content (AvgIpc) is 2.60. The van der Waals surface area contributed by atoms with Crippen LogP contribution in [0.4, 0.5) is 4.79 Å². The van der Waals surface area contributed by atoms with Gasteiger partial charge in [-0.2, -0.15) is 0 Å². The van der Waals surface area contributed by atoms with Crippen molar-refractivity contribution in [3.05, 3.63) is 0 Å². The highest BCUT2D eigenvalue weighted by Gasteiger charge is 2.37. The fraction of sp³-hybridized carbons (Fsp3) is 0.750. The molecule has 1 fully saturated rings. The van der Waals surface area contributed by atoms with Crippen LogP contribution in [0.15, 0.2) is 0 Å². The molecule has 0 unspecified atom stereocenters. The Kier molecular flexibility index (Phi) is 5.14. The molecule has 0 spiro atoms. The van der Waals surface area contributed by atoms with Gasteiger partial charge in [0.25, 0.3) is 0 Å². The van der Waals surface area contributed by atoms with Gasteiger partial charge in [0.05, 0.1) is 0 Å². The normalized spacial score (nSPS) is 16.5. The summed E-state index contributed by atoms with van der Waals surface area (Å²) in [5.74, 6) is -1.12. The zero-order chi connectivity index (χ0) is 14.5. The minimum Gasteiger partial charge on any atom is -0.480 e. The first kappa shape index (κ1) is 15.3. The molecule has 1 aliphatic heterocycles. The molecule has 1 saturated heterocycles. The Bertz CT molecular complexity index is 366. The van der Waals surface area contributed by atoms with E-state index in [1.165, 1.54) is 4.90 Å². The van der Waals surface area contributed by atoms with Gasteiger partial charge in [-0.05, 0) is 12.8 Å². The van der Waals surface area contributed by atoms with Crippen LogP contribution in [0.5, 0.6) is 0 Å². The minimum absolute atomic E-state index is 0.0919. The molecule has 108 valence electrons. The summed E-state index contributed by atoms with van der Waals surface area (Å²) in [6, 6.07) is -0.428. The first-order valence-corrected chi connectivity index (χ1v) is 6.52. The van der Waals surface area contributed by atoms with Crippen molar-refractivity contribution in [1.29, 1.82) is 0 Å². The molecule has 0 atom stereocenters. The third-order valence-corrected chi connectivity index (χ3v) is 3.56. The molecular formula is C12H21N3O4. The third kappa shape index (κ3) is 3.59. The monoisotopic (exact) mass is 271 g/mol. The summed E-state index contributed by atoms with van der Waals surface area (Å²) in [6.45, 7) is 4.54. The van der Waals surface area contributed by atoms with E-state index in [1.54, 1.807) is 13.8 Å². The maximum Gasteiger partial charge on any atom is 0.329 e. The molecule has 0 aromatic carbocycles. The van der Waals surface area contributed by atoms with Crippen molar-refractivity contribution in [3.63, 3.8) is 0 Å². The molecule has 7 nitrogen and oxygen atoms in total. The topological polar surface area (TPSA) is 98.7 Å². The molecular weight excluding hydrogens is 250 g/mol. The van der Waals surface area contributed by atoms with Gasteiger partial charge in [-0.3, -0.25) is 4.79 Å². The van der Waals surface area contributed by atoms with Crippen LogP contribution in [0.2, 0.25) is 0 Å². The highest BCUT2D eigenvalue weighted by Crippen LogP contribution is 2.16. The number of rotatable bonds is 4. The van der Waals surface area contributed by atoms with Crippen LogP contribution >= 0.6 is 0 Å². The maximum atomic E-state index is 12.1. The lowest BCUT2D eigenvalue weighted by Gasteiger charge is -2.31. The van der Waals surface area contributed by atoms with E-state index < -0.39 is 17.5 Å². The van der Waals surface area contributed by atoms with Crippen molar-refractivity contribution in [2.45, 2.75) is 38.6 Å². The van der Waals surface area contributed by atoms with E-state index in [2.05, 4.69) is 10.6 Å². The summed E-state index contributed by atoms with van der Waals surface area (Å²) in [6.07, 6.45) is 0.872. The molecule has 1 aliphatic rings. The van der Waals surface area contributed by atoms with E-state index in [0.717, 1.165) is 0 Å². The van der Waals surface area contributed by atoms with Crippen molar-refractivity contribution in [1.82, 2.24) is 15.5 Å². The number of aliphatic carboxylic acids is 1. The van der Waals surface area contributed by atoms with E-state index in [4.69, 9.17) is 0 Å². The largest absolute Gasteiger partial charge is 0.480 e. The summed E-state index contributed by atoms with van der Waals surface area (Å²) < 4.78 is 0. The van der Waals surface area contributed by atoms with Gasteiger partial charge < -0.3 is 20.6 Å². The summed E-state index contributed by atoms with van der Waals surface area (Å²) in [4.78, 5) is 36.1. The molecule has 0 aromatic rings. The smallest absolute Gasteiger partial charge is 0.329 e. The number of hydrogen-bond acceptors (Lipinski definition) is 3. The van der Waals surface area contributed by atoms with E-state index >= 15 is 0 Å². The van der Waals surface area contributed by atoms with Crippen molar-refractivity contribution in [2.24, 2.45) is 0 Å². The molecule has 1 heterocycles. The van der Waals surface area contributed by atoms with Crippen molar-refractivity contribution in [2.75, 3.05) is 19.6 Å². The maximum absolute atomic E-state index is 12.1. The van der Waals surface area contributed by atoms with E-state index in [-0.39, 0.29) is 12.3 Å². The Labute approximate surface area is 112 Å². The molecule has 3 amide bonds. The molecule has 0 saturated carbocycles. The van der Waals surface area contributed by atoms with E-state index in [1.807, 2.05) is 0 Å². The van der Waals surface area contributed by atoms with E-state index in [9.17, 15) is 19.5 Å². The Hall–Kier alpha value is -1.79. The van der Waals surface area contributed by atoms with Gasteiger partial charge in [0.15, 0.2) is 0 Å². The summed E-state index contributed by atoms with van der Waals surface area (Å²) in [5, 5.41) is 14.5. The molecule has 0 radical (unpaired) electrons. The lowest BCUT2D eigenvalue weighted by molar-refractivity contribution is -0.144. The fourth-order valence-electron chi connectivity index (χ4n) is 2.04. The Balaban J connectivity index is 2.71. The number of carboxylic acids is 1.